The van der Waals surface area contributed by atoms with E-state index in [4.69, 9.17) is 11.6 Å². The smallest absolute Gasteiger partial charge is 0.269 e. The summed E-state index contributed by atoms with van der Waals surface area (Å²) in [6.07, 6.45) is 0. The van der Waals surface area contributed by atoms with Crippen molar-refractivity contribution in [1.29, 1.82) is 0 Å². The number of nitrogens with one attached hydrogen (secondary N) is 1. The molecule has 2 aromatic rings. The highest BCUT2D eigenvalue weighted by Gasteiger charge is 2.13. The largest absolute Gasteiger partial charge is 0.377 e. The molecule has 0 saturated heterocycles. The van der Waals surface area contributed by atoms with Crippen LogP contribution >= 0.6 is 11.6 Å². The summed E-state index contributed by atoms with van der Waals surface area (Å²) in [7, 11) is 0. The summed E-state index contributed by atoms with van der Waals surface area (Å²) in [5.41, 5.74) is 2.83. The van der Waals surface area contributed by atoms with Crippen LogP contribution in [0.1, 0.15) is 24.1 Å². The molecule has 20 heavy (non-hydrogen) atoms. The van der Waals surface area contributed by atoms with Crippen LogP contribution in [0.3, 0.4) is 0 Å². The van der Waals surface area contributed by atoms with Gasteiger partial charge in [-0.1, -0.05) is 35.9 Å². The number of hydrogen-bond acceptors (Lipinski definition) is 3. The normalized spacial score (nSPS) is 11.9. The summed E-state index contributed by atoms with van der Waals surface area (Å²) in [4.78, 5) is 10.4. The molecule has 0 heterocycles. The van der Waals surface area contributed by atoms with E-state index >= 15 is 0 Å². The molecule has 0 amide bonds. The van der Waals surface area contributed by atoms with Crippen LogP contribution in [0.15, 0.2) is 42.5 Å². The Morgan fingerprint density at radius 1 is 1.25 bits per heavy atom. The van der Waals surface area contributed by atoms with Gasteiger partial charge in [0, 0.05) is 18.2 Å². The first-order chi connectivity index (χ1) is 9.49. The lowest BCUT2D eigenvalue weighted by atomic mass is 10.1. The molecular formula is C15H15ClN2O2. The molecular weight excluding hydrogens is 276 g/mol. The molecule has 0 bridgehead atoms. The van der Waals surface area contributed by atoms with Gasteiger partial charge in [-0.3, -0.25) is 10.1 Å². The van der Waals surface area contributed by atoms with Crippen molar-refractivity contribution in [3.63, 3.8) is 0 Å². The van der Waals surface area contributed by atoms with Crippen LogP contribution in [0.5, 0.6) is 0 Å². The Bertz CT molecular complexity index is 623. The van der Waals surface area contributed by atoms with Crippen molar-refractivity contribution in [3.8, 4) is 0 Å². The first-order valence-corrected chi connectivity index (χ1v) is 6.63. The summed E-state index contributed by atoms with van der Waals surface area (Å²) in [5, 5.41) is 14.8. The van der Waals surface area contributed by atoms with E-state index in [0.717, 1.165) is 16.8 Å². The maximum absolute atomic E-state index is 10.8. The van der Waals surface area contributed by atoms with Crippen LogP contribution in [0.2, 0.25) is 5.02 Å². The summed E-state index contributed by atoms with van der Waals surface area (Å²) in [5.74, 6) is 0. The van der Waals surface area contributed by atoms with Gasteiger partial charge in [-0.25, -0.2) is 0 Å². The second-order valence-corrected chi connectivity index (χ2v) is 5.06. The Morgan fingerprint density at radius 3 is 2.60 bits per heavy atom. The molecule has 0 aliphatic rings. The fraction of sp³-hybridized carbons (Fsp3) is 0.200. The van der Waals surface area contributed by atoms with E-state index in [9.17, 15) is 10.1 Å². The highest BCUT2D eigenvalue weighted by molar-refractivity contribution is 6.33. The third-order valence-corrected chi connectivity index (χ3v) is 3.48. The third kappa shape index (κ3) is 3.08. The molecule has 0 spiro atoms. The van der Waals surface area contributed by atoms with Gasteiger partial charge in [0.1, 0.15) is 0 Å². The Hall–Kier alpha value is -2.07. The van der Waals surface area contributed by atoms with Crippen molar-refractivity contribution in [2.45, 2.75) is 19.9 Å². The van der Waals surface area contributed by atoms with Gasteiger partial charge in [0.05, 0.1) is 15.6 Å². The Balaban J connectivity index is 2.26. The molecule has 1 N–H and O–H groups in total. The number of aryl methyl sites for hydroxylation is 1. The van der Waals surface area contributed by atoms with Crippen molar-refractivity contribution in [2.24, 2.45) is 0 Å². The van der Waals surface area contributed by atoms with Crippen molar-refractivity contribution in [1.82, 2.24) is 0 Å². The van der Waals surface area contributed by atoms with E-state index in [1.54, 1.807) is 12.1 Å². The van der Waals surface area contributed by atoms with Crippen molar-refractivity contribution >= 4 is 23.0 Å². The fourth-order valence-electron chi connectivity index (χ4n) is 2.02. The molecule has 0 saturated carbocycles. The zero-order valence-electron chi connectivity index (χ0n) is 11.3. The zero-order chi connectivity index (χ0) is 14.7. The van der Waals surface area contributed by atoms with E-state index in [2.05, 4.69) is 5.32 Å². The molecule has 4 nitrogen and oxygen atoms in total. The molecule has 2 rings (SSSR count). The third-order valence-electron chi connectivity index (χ3n) is 3.16. The predicted molar refractivity (Wildman–Crippen MR) is 81.3 cm³/mol. The Kier molecular flexibility index (Phi) is 4.25. The van der Waals surface area contributed by atoms with Gasteiger partial charge in [0.2, 0.25) is 0 Å². The van der Waals surface area contributed by atoms with E-state index in [1.807, 2.05) is 38.1 Å². The summed E-state index contributed by atoms with van der Waals surface area (Å²) in [6.45, 7) is 3.91. The molecule has 0 radical (unpaired) electrons. The summed E-state index contributed by atoms with van der Waals surface area (Å²) >= 11 is 6.17. The maximum Gasteiger partial charge on any atom is 0.269 e. The number of para-hydroxylation sites is 1. The van der Waals surface area contributed by atoms with E-state index in [0.29, 0.717) is 5.02 Å². The molecule has 0 aromatic heterocycles. The van der Waals surface area contributed by atoms with E-state index < -0.39 is 4.92 Å². The minimum Gasteiger partial charge on any atom is -0.377 e. The second-order valence-electron chi connectivity index (χ2n) is 4.65. The maximum atomic E-state index is 10.8. The number of halogens is 1. The van der Waals surface area contributed by atoms with E-state index in [-0.39, 0.29) is 11.7 Å². The fourth-order valence-corrected chi connectivity index (χ4v) is 2.30. The first kappa shape index (κ1) is 14.3. The van der Waals surface area contributed by atoms with Crippen molar-refractivity contribution in [2.75, 3.05) is 5.32 Å². The number of rotatable bonds is 4. The van der Waals surface area contributed by atoms with Gasteiger partial charge < -0.3 is 5.32 Å². The number of non-ortho nitro benzene ring substituents is 1. The topological polar surface area (TPSA) is 55.2 Å². The first-order valence-electron chi connectivity index (χ1n) is 6.25. The lowest BCUT2D eigenvalue weighted by Gasteiger charge is -2.18. The van der Waals surface area contributed by atoms with Crippen molar-refractivity contribution < 1.29 is 4.92 Å². The molecule has 1 unspecified atom stereocenters. The SMILES string of the molecule is Cc1cccc(Cl)c1NC(C)c1cccc([N+](=O)[O-])c1. The molecule has 5 heteroatoms. The standard InChI is InChI=1S/C15H15ClN2O2/c1-10-5-3-8-14(16)15(10)17-11(2)12-6-4-7-13(9-12)18(19)20/h3-9,11,17H,1-2H3. The highest BCUT2D eigenvalue weighted by atomic mass is 35.5. The molecule has 104 valence electrons. The van der Waals surface area contributed by atoms with Crippen LogP contribution in [0.25, 0.3) is 0 Å². The minimum absolute atomic E-state index is 0.0755. The number of anilines is 1. The monoisotopic (exact) mass is 290 g/mol. The Labute approximate surface area is 122 Å². The number of benzene rings is 2. The number of hydrogen-bond donors (Lipinski definition) is 1. The molecule has 1 atom stereocenters. The van der Waals surface area contributed by atoms with Gasteiger partial charge in [0.15, 0.2) is 0 Å². The lowest BCUT2D eigenvalue weighted by molar-refractivity contribution is -0.384. The van der Waals surface area contributed by atoms with Crippen molar-refractivity contribution in [3.05, 3.63) is 68.7 Å². The van der Waals surface area contributed by atoms with Crippen LogP contribution in [0, 0.1) is 17.0 Å². The van der Waals surface area contributed by atoms with E-state index in [1.165, 1.54) is 6.07 Å². The molecule has 0 fully saturated rings. The van der Waals surface area contributed by atoms with Crippen LogP contribution < -0.4 is 5.32 Å². The number of nitro groups is 1. The average molecular weight is 291 g/mol. The molecule has 0 aliphatic heterocycles. The van der Waals surface area contributed by atoms with Gasteiger partial charge in [0.25, 0.3) is 5.69 Å². The summed E-state index contributed by atoms with van der Waals surface area (Å²) < 4.78 is 0. The summed E-state index contributed by atoms with van der Waals surface area (Å²) in [6, 6.07) is 12.2. The lowest BCUT2D eigenvalue weighted by Crippen LogP contribution is -2.08. The Morgan fingerprint density at radius 2 is 1.95 bits per heavy atom. The second kappa shape index (κ2) is 5.92. The van der Waals surface area contributed by atoms with Gasteiger partial charge in [-0.2, -0.15) is 0 Å². The highest BCUT2D eigenvalue weighted by Crippen LogP contribution is 2.30. The van der Waals surface area contributed by atoms with Gasteiger partial charge in [-0.15, -0.1) is 0 Å². The van der Waals surface area contributed by atoms with Crippen LogP contribution in [0.4, 0.5) is 11.4 Å². The quantitative estimate of drug-likeness (QED) is 0.654. The zero-order valence-corrected chi connectivity index (χ0v) is 12.0. The van der Waals surface area contributed by atoms with Gasteiger partial charge in [-0.05, 0) is 31.0 Å². The molecule has 2 aromatic carbocycles. The van der Waals surface area contributed by atoms with Crippen LogP contribution in [-0.2, 0) is 0 Å². The van der Waals surface area contributed by atoms with Gasteiger partial charge >= 0.3 is 0 Å². The predicted octanol–water partition coefficient (Wildman–Crippen LogP) is 4.73. The minimum atomic E-state index is -0.392. The number of nitro benzene ring substituents is 1. The molecule has 0 aliphatic carbocycles. The van der Waals surface area contributed by atoms with Crippen LogP contribution in [-0.4, -0.2) is 4.92 Å². The number of nitrogens with zero attached hydrogens (tertiary/aromatic N) is 1. The average Bonchev–Trinajstić information content (AvgIpc) is 2.43.